The van der Waals surface area contributed by atoms with Crippen LogP contribution in [-0.2, 0) is 11.3 Å². The van der Waals surface area contributed by atoms with Gasteiger partial charge in [-0.25, -0.2) is 15.0 Å². The van der Waals surface area contributed by atoms with E-state index in [4.69, 9.17) is 38.8 Å². The fourth-order valence-corrected chi connectivity index (χ4v) is 4.75. The molecular weight excluding hydrogens is 541 g/mol. The Hall–Kier alpha value is -2.42. The standard InChI is InChI=1S/C19H20B2BrClN8O4/c20-18(33,19(21,34)35)29-16(32)17(25)1-2-30(6-17)12-4-9(23)3-11(22)10(12)5-31-8-28-13-14(24)26-7-27-15(13)31/h3-4,7-8,33-35H,1-2,5-6,25H2,(H,29,32)(H2,24,26,27)/t17-,18?/m1/s1. The Morgan fingerprint density at radius 1 is 1.29 bits per heavy atom. The van der Waals surface area contributed by atoms with E-state index in [2.05, 4.69) is 30.9 Å². The van der Waals surface area contributed by atoms with Crippen molar-refractivity contribution in [3.63, 3.8) is 0 Å². The van der Waals surface area contributed by atoms with Gasteiger partial charge in [0.25, 0.3) is 0 Å². The minimum absolute atomic E-state index is 0.00290. The smallest absolute Gasteiger partial charge is 0.243 e. The molecule has 1 saturated heterocycles. The van der Waals surface area contributed by atoms with E-state index in [1.807, 2.05) is 10.2 Å². The van der Waals surface area contributed by atoms with Crippen LogP contribution in [0, 0.1) is 0 Å². The number of fused-ring (bicyclic) bond motifs is 1. The number of carbonyl (C=O) groups is 1. The summed E-state index contributed by atoms with van der Waals surface area (Å²) in [6.07, 6.45) is 3.10. The number of aliphatic hydroxyl groups is 3. The van der Waals surface area contributed by atoms with Crippen molar-refractivity contribution in [3.8, 4) is 0 Å². The number of nitrogen functional groups attached to an aromatic ring is 1. The van der Waals surface area contributed by atoms with Crippen molar-refractivity contribution in [1.29, 1.82) is 0 Å². The van der Waals surface area contributed by atoms with Crippen LogP contribution in [0.15, 0.2) is 29.3 Å². The molecule has 1 amide bonds. The van der Waals surface area contributed by atoms with Gasteiger partial charge in [0.15, 0.2) is 19.3 Å². The first kappa shape index (κ1) is 25.7. The molecule has 3 aromatic rings. The van der Waals surface area contributed by atoms with Crippen LogP contribution in [-0.4, -0.2) is 86.4 Å². The SMILES string of the molecule is [B]C(O)(O)C([B])(O)NC(=O)[C@@]1(N)CCN(c2cc(Cl)cc(Br)c2Cn2cnc3c(N)ncnc32)C1. The maximum Gasteiger partial charge on any atom is 0.243 e. The van der Waals surface area contributed by atoms with Crippen molar-refractivity contribution < 1.29 is 20.1 Å². The van der Waals surface area contributed by atoms with E-state index in [0.717, 1.165) is 5.56 Å². The van der Waals surface area contributed by atoms with Crippen molar-refractivity contribution in [2.75, 3.05) is 23.7 Å². The largest absolute Gasteiger partial charge is 0.382 e. The van der Waals surface area contributed by atoms with Crippen LogP contribution in [0.5, 0.6) is 0 Å². The van der Waals surface area contributed by atoms with Crippen molar-refractivity contribution in [1.82, 2.24) is 24.8 Å². The highest BCUT2D eigenvalue weighted by Gasteiger charge is 2.47. The van der Waals surface area contributed by atoms with Crippen molar-refractivity contribution >= 4 is 71.8 Å². The molecule has 4 rings (SSSR count). The number of hydrogen-bond acceptors (Lipinski definition) is 10. The highest BCUT2D eigenvalue weighted by Crippen LogP contribution is 2.36. The summed E-state index contributed by atoms with van der Waals surface area (Å²) in [5.41, 5.74) is 6.86. The second kappa shape index (κ2) is 8.91. The predicted octanol–water partition coefficient (Wildman–Crippen LogP) is -1.48. The van der Waals surface area contributed by atoms with Crippen LogP contribution in [0.1, 0.15) is 12.0 Å². The number of amides is 1. The first-order valence-electron chi connectivity index (χ1n) is 10.2. The van der Waals surface area contributed by atoms with Gasteiger partial charge >= 0.3 is 0 Å². The molecule has 0 aliphatic carbocycles. The van der Waals surface area contributed by atoms with Crippen LogP contribution in [0.2, 0.25) is 5.02 Å². The number of imidazole rings is 1. The minimum Gasteiger partial charge on any atom is -0.382 e. The second-order valence-corrected chi connectivity index (χ2v) is 9.75. The van der Waals surface area contributed by atoms with Crippen molar-refractivity contribution in [2.24, 2.45) is 5.73 Å². The fourth-order valence-electron chi connectivity index (χ4n) is 3.83. The molecule has 2 aromatic heterocycles. The van der Waals surface area contributed by atoms with Crippen molar-refractivity contribution in [2.45, 2.75) is 29.8 Å². The summed E-state index contributed by atoms with van der Waals surface area (Å²) in [5.74, 6) is -0.659. The lowest BCUT2D eigenvalue weighted by atomic mass is 9.72. The molecule has 1 aliphatic rings. The topological polar surface area (TPSA) is 189 Å². The molecule has 4 radical (unpaired) electrons. The number of aromatic nitrogens is 4. The number of nitrogens with one attached hydrogen (secondary N) is 1. The monoisotopic (exact) mass is 560 g/mol. The molecule has 12 nitrogen and oxygen atoms in total. The summed E-state index contributed by atoms with van der Waals surface area (Å²) >= 11 is 9.88. The number of carbonyl (C=O) groups excluding carboxylic acids is 1. The van der Waals surface area contributed by atoms with Gasteiger partial charge in [0, 0.05) is 33.8 Å². The molecule has 1 fully saturated rings. The first-order valence-corrected chi connectivity index (χ1v) is 11.4. The summed E-state index contributed by atoms with van der Waals surface area (Å²) in [4.78, 5) is 27.2. The van der Waals surface area contributed by atoms with Gasteiger partial charge in [0.2, 0.25) is 5.91 Å². The fraction of sp³-hybridized carbons (Fsp3) is 0.368. The Bertz CT molecular complexity index is 1300. The Morgan fingerprint density at radius 3 is 2.69 bits per heavy atom. The lowest BCUT2D eigenvalue weighted by molar-refractivity contribution is -0.196. The summed E-state index contributed by atoms with van der Waals surface area (Å²) in [7, 11) is 10.4. The van der Waals surface area contributed by atoms with E-state index in [9.17, 15) is 20.1 Å². The number of nitrogens with two attached hydrogens (primary N) is 2. The molecule has 8 N–H and O–H groups in total. The summed E-state index contributed by atoms with van der Waals surface area (Å²) in [6.45, 7) is 0.676. The van der Waals surface area contributed by atoms with Gasteiger partial charge in [-0.05, 0) is 18.6 Å². The number of halogens is 2. The quantitative estimate of drug-likeness (QED) is 0.153. The van der Waals surface area contributed by atoms with Crippen LogP contribution >= 0.6 is 27.5 Å². The van der Waals surface area contributed by atoms with E-state index in [0.29, 0.717) is 39.4 Å². The lowest BCUT2D eigenvalue weighted by Crippen LogP contribution is -2.70. The second-order valence-electron chi connectivity index (χ2n) is 8.46. The van der Waals surface area contributed by atoms with E-state index in [-0.39, 0.29) is 18.8 Å². The third-order valence-electron chi connectivity index (χ3n) is 5.85. The van der Waals surface area contributed by atoms with E-state index < -0.39 is 22.8 Å². The maximum absolute atomic E-state index is 12.8. The Morgan fingerprint density at radius 2 is 2.00 bits per heavy atom. The van der Waals surface area contributed by atoms with Gasteiger partial charge in [-0.3, -0.25) is 4.79 Å². The van der Waals surface area contributed by atoms with Crippen LogP contribution in [0.4, 0.5) is 11.5 Å². The number of nitrogens with zero attached hydrogens (tertiary/aromatic N) is 5. The van der Waals surface area contributed by atoms with Gasteiger partial charge in [0.1, 0.15) is 36.5 Å². The number of hydrogen-bond donors (Lipinski definition) is 6. The van der Waals surface area contributed by atoms with Gasteiger partial charge in [0.05, 0.1) is 12.9 Å². The minimum atomic E-state index is -3.29. The third-order valence-corrected chi connectivity index (χ3v) is 6.78. The number of benzene rings is 1. The molecule has 0 spiro atoms. The maximum atomic E-state index is 12.8. The molecule has 1 unspecified atom stereocenters. The van der Waals surface area contributed by atoms with Gasteiger partial charge < -0.3 is 41.6 Å². The summed E-state index contributed by atoms with van der Waals surface area (Å²) in [6, 6.07) is 3.47. The average Bonchev–Trinajstić information content (AvgIpc) is 3.34. The first-order chi connectivity index (χ1) is 16.2. The molecule has 1 aliphatic heterocycles. The number of anilines is 2. The van der Waals surface area contributed by atoms with Crippen molar-refractivity contribution in [3.05, 3.63) is 39.8 Å². The molecule has 16 heteroatoms. The van der Waals surface area contributed by atoms with E-state index in [1.54, 1.807) is 23.0 Å². The van der Waals surface area contributed by atoms with Gasteiger partial charge in [-0.15, -0.1) is 0 Å². The Kier molecular flexibility index (Phi) is 6.53. The zero-order valence-corrected chi connectivity index (χ0v) is 20.5. The van der Waals surface area contributed by atoms with Crippen LogP contribution < -0.4 is 21.7 Å². The van der Waals surface area contributed by atoms with E-state index in [1.165, 1.54) is 6.33 Å². The normalized spacial score (nSPS) is 20.2. The predicted molar refractivity (Wildman–Crippen MR) is 134 cm³/mol. The summed E-state index contributed by atoms with van der Waals surface area (Å²) < 4.78 is 2.49. The van der Waals surface area contributed by atoms with Crippen LogP contribution in [0.25, 0.3) is 11.2 Å². The molecule has 180 valence electrons. The highest BCUT2D eigenvalue weighted by atomic mass is 79.9. The molecule has 0 bridgehead atoms. The Labute approximate surface area is 215 Å². The average molecular weight is 561 g/mol. The number of rotatable bonds is 6. The highest BCUT2D eigenvalue weighted by molar-refractivity contribution is 9.10. The lowest BCUT2D eigenvalue weighted by Gasteiger charge is -2.38. The van der Waals surface area contributed by atoms with E-state index >= 15 is 0 Å². The molecule has 1 aromatic carbocycles. The van der Waals surface area contributed by atoms with Gasteiger partial charge in [-0.1, -0.05) is 27.5 Å². The zero-order valence-electron chi connectivity index (χ0n) is 18.2. The molecule has 2 atom stereocenters. The van der Waals surface area contributed by atoms with Crippen LogP contribution in [0.3, 0.4) is 0 Å². The third kappa shape index (κ3) is 4.84. The molecule has 35 heavy (non-hydrogen) atoms. The van der Waals surface area contributed by atoms with Gasteiger partial charge in [-0.2, -0.15) is 0 Å². The molecule has 0 saturated carbocycles. The zero-order chi connectivity index (χ0) is 25.8. The molecular formula is C19H20B2BrClN8O4. The summed E-state index contributed by atoms with van der Waals surface area (Å²) in [5, 5.41) is 31.1. The molecule has 3 heterocycles. The Balaban J connectivity index is 1.63.